The lowest BCUT2D eigenvalue weighted by atomic mass is 10.1. The van der Waals surface area contributed by atoms with E-state index in [1.807, 2.05) is 0 Å². The molecule has 0 atom stereocenters. The molecular weight excluding hydrogens is 433 g/mol. The van der Waals surface area contributed by atoms with Gasteiger partial charge in [-0.3, -0.25) is 4.79 Å². The Bertz CT molecular complexity index is 1250. The summed E-state index contributed by atoms with van der Waals surface area (Å²) in [5, 5.41) is 26.9. The van der Waals surface area contributed by atoms with Crippen molar-refractivity contribution >= 4 is 29.1 Å². The Hall–Kier alpha value is -4.09. The lowest BCUT2D eigenvalue weighted by Crippen LogP contribution is -2.16. The lowest BCUT2D eigenvalue weighted by Gasteiger charge is -2.16. The van der Waals surface area contributed by atoms with E-state index in [4.69, 9.17) is 4.74 Å². The number of anilines is 3. The number of methoxy groups -OCH3 is 1. The summed E-state index contributed by atoms with van der Waals surface area (Å²) in [5.41, 5.74) is 0.0594. The van der Waals surface area contributed by atoms with Crippen LogP contribution in [0.15, 0.2) is 24.5 Å². The topological polar surface area (TPSA) is 144 Å². The first-order valence-electron chi connectivity index (χ1n) is 10.4. The fraction of sp³-hybridized carbons (Fsp3) is 0.333. The number of rotatable bonds is 8. The zero-order valence-corrected chi connectivity index (χ0v) is 17.6. The molecule has 2 fully saturated rings. The minimum Gasteiger partial charge on any atom is -0.494 e. The minimum atomic E-state index is -1.34. The van der Waals surface area contributed by atoms with Gasteiger partial charge >= 0.3 is 5.97 Å². The molecule has 0 spiro atoms. The van der Waals surface area contributed by atoms with Crippen LogP contribution in [0.3, 0.4) is 0 Å². The molecule has 0 saturated heterocycles. The van der Waals surface area contributed by atoms with Gasteiger partial charge in [-0.05, 0) is 31.7 Å². The first-order chi connectivity index (χ1) is 15.9. The normalized spacial score (nSPS) is 15.2. The number of benzene rings is 1. The van der Waals surface area contributed by atoms with E-state index in [9.17, 15) is 19.1 Å². The van der Waals surface area contributed by atoms with E-state index in [2.05, 4.69) is 30.9 Å². The van der Waals surface area contributed by atoms with Crippen molar-refractivity contribution in [2.45, 2.75) is 31.7 Å². The Kier molecular flexibility index (Phi) is 5.11. The number of aromatic carboxylic acids is 1. The SMILES string of the molecule is COc1c(Nc2cc(NC(=O)C3CC3)nnc2C(=O)O)cc(F)cc1-c1ncn(C2CC2)n1. The highest BCUT2D eigenvalue weighted by Crippen LogP contribution is 2.40. The number of amides is 1. The van der Waals surface area contributed by atoms with E-state index in [0.717, 1.165) is 31.7 Å². The second-order valence-corrected chi connectivity index (χ2v) is 8.00. The number of nitrogens with one attached hydrogen (secondary N) is 2. The molecule has 33 heavy (non-hydrogen) atoms. The van der Waals surface area contributed by atoms with E-state index in [0.29, 0.717) is 11.6 Å². The molecular formula is C21H20FN7O4. The summed E-state index contributed by atoms with van der Waals surface area (Å²) in [4.78, 5) is 28.0. The smallest absolute Gasteiger partial charge is 0.358 e. The van der Waals surface area contributed by atoms with Gasteiger partial charge < -0.3 is 20.5 Å². The van der Waals surface area contributed by atoms with Gasteiger partial charge in [0.25, 0.3) is 0 Å². The van der Waals surface area contributed by atoms with E-state index >= 15 is 0 Å². The fourth-order valence-corrected chi connectivity index (χ4v) is 3.41. The number of nitrogens with zero attached hydrogens (tertiary/aromatic N) is 5. The maximum atomic E-state index is 14.6. The van der Waals surface area contributed by atoms with Gasteiger partial charge in [0.1, 0.15) is 12.1 Å². The van der Waals surface area contributed by atoms with Crippen molar-refractivity contribution in [3.05, 3.63) is 36.0 Å². The highest BCUT2D eigenvalue weighted by atomic mass is 19.1. The van der Waals surface area contributed by atoms with E-state index in [1.165, 1.54) is 19.2 Å². The summed E-state index contributed by atoms with van der Waals surface area (Å²) in [6.07, 6.45) is 5.22. The Labute approximate surface area is 187 Å². The highest BCUT2D eigenvalue weighted by molar-refractivity contribution is 5.96. The second kappa shape index (κ2) is 8.11. The number of carboxylic acid groups (broad SMARTS) is 1. The molecule has 5 rings (SSSR count). The van der Waals surface area contributed by atoms with Crippen LogP contribution in [0.1, 0.15) is 42.2 Å². The lowest BCUT2D eigenvalue weighted by molar-refractivity contribution is -0.117. The van der Waals surface area contributed by atoms with Gasteiger partial charge in [0.05, 0.1) is 30.1 Å². The number of hydrogen-bond acceptors (Lipinski definition) is 8. The maximum absolute atomic E-state index is 14.6. The average molecular weight is 453 g/mol. The molecule has 2 aromatic heterocycles. The third kappa shape index (κ3) is 4.31. The van der Waals surface area contributed by atoms with Crippen LogP contribution in [0.5, 0.6) is 5.75 Å². The molecule has 3 N–H and O–H groups in total. The molecule has 11 nitrogen and oxygen atoms in total. The first-order valence-corrected chi connectivity index (χ1v) is 10.4. The number of carbonyl (C=O) groups is 2. The molecule has 2 aliphatic rings. The monoisotopic (exact) mass is 453 g/mol. The van der Waals surface area contributed by atoms with Crippen LogP contribution in [-0.2, 0) is 4.79 Å². The zero-order valence-electron chi connectivity index (χ0n) is 17.6. The summed E-state index contributed by atoms with van der Waals surface area (Å²) in [6, 6.07) is 4.05. The van der Waals surface area contributed by atoms with Gasteiger partial charge in [0.2, 0.25) is 5.91 Å². The number of ether oxygens (including phenoxy) is 1. The second-order valence-electron chi connectivity index (χ2n) is 8.00. The highest BCUT2D eigenvalue weighted by Gasteiger charge is 2.30. The van der Waals surface area contributed by atoms with Gasteiger partial charge in [0, 0.05) is 18.1 Å². The van der Waals surface area contributed by atoms with Crippen molar-refractivity contribution in [1.82, 2.24) is 25.0 Å². The predicted octanol–water partition coefficient (Wildman–Crippen LogP) is 3.01. The summed E-state index contributed by atoms with van der Waals surface area (Å²) < 4.78 is 21.8. The van der Waals surface area contributed by atoms with E-state index in [-0.39, 0.29) is 40.6 Å². The summed E-state index contributed by atoms with van der Waals surface area (Å²) in [5.74, 6) is -1.63. The molecule has 12 heteroatoms. The van der Waals surface area contributed by atoms with Crippen molar-refractivity contribution in [3.8, 4) is 17.1 Å². The summed E-state index contributed by atoms with van der Waals surface area (Å²) in [6.45, 7) is 0. The van der Waals surface area contributed by atoms with Crippen molar-refractivity contribution in [1.29, 1.82) is 0 Å². The third-order valence-corrected chi connectivity index (χ3v) is 5.39. The molecule has 3 aromatic rings. The Morgan fingerprint density at radius 1 is 1.15 bits per heavy atom. The number of carbonyl (C=O) groups excluding carboxylic acids is 1. The van der Waals surface area contributed by atoms with Crippen molar-refractivity contribution in [2.75, 3.05) is 17.7 Å². The number of halogens is 1. The van der Waals surface area contributed by atoms with Gasteiger partial charge in [0.15, 0.2) is 23.1 Å². The molecule has 2 saturated carbocycles. The number of hydrogen-bond donors (Lipinski definition) is 3. The molecule has 1 amide bonds. The van der Waals surface area contributed by atoms with Crippen molar-refractivity contribution in [2.24, 2.45) is 5.92 Å². The molecule has 2 aliphatic carbocycles. The van der Waals surface area contributed by atoms with E-state index in [1.54, 1.807) is 11.0 Å². The molecule has 2 heterocycles. The predicted molar refractivity (Wildman–Crippen MR) is 114 cm³/mol. The van der Waals surface area contributed by atoms with Crippen LogP contribution >= 0.6 is 0 Å². The van der Waals surface area contributed by atoms with Gasteiger partial charge in [-0.1, -0.05) is 0 Å². The van der Waals surface area contributed by atoms with Gasteiger partial charge in [-0.25, -0.2) is 18.9 Å². The van der Waals surface area contributed by atoms with Crippen molar-refractivity contribution in [3.63, 3.8) is 0 Å². The van der Waals surface area contributed by atoms with Crippen LogP contribution in [-0.4, -0.2) is 49.1 Å². The summed E-state index contributed by atoms with van der Waals surface area (Å²) in [7, 11) is 1.41. The van der Waals surface area contributed by atoms with Crippen LogP contribution in [0.4, 0.5) is 21.6 Å². The molecule has 0 radical (unpaired) electrons. The Morgan fingerprint density at radius 2 is 1.94 bits per heavy atom. The standard InChI is InChI=1S/C21H20FN7O4/c1-33-18-13(19-23-9-29(28-19)12-4-5-12)6-11(22)7-15(18)24-14-8-16(25-20(30)10-2-3-10)26-27-17(14)21(31)32/h6-10,12H,2-5H2,1H3,(H,31,32)(H2,24,25,26,30). The molecule has 0 aliphatic heterocycles. The van der Waals surface area contributed by atoms with Gasteiger partial charge in [-0.2, -0.15) is 5.10 Å². The Balaban J connectivity index is 1.51. The van der Waals surface area contributed by atoms with Crippen LogP contribution in [0.25, 0.3) is 11.4 Å². The van der Waals surface area contributed by atoms with Gasteiger partial charge in [-0.15, -0.1) is 10.2 Å². The van der Waals surface area contributed by atoms with Crippen LogP contribution in [0.2, 0.25) is 0 Å². The van der Waals surface area contributed by atoms with Crippen molar-refractivity contribution < 1.29 is 23.8 Å². The van der Waals surface area contributed by atoms with Crippen LogP contribution in [0, 0.1) is 11.7 Å². The maximum Gasteiger partial charge on any atom is 0.358 e. The largest absolute Gasteiger partial charge is 0.494 e. The zero-order chi connectivity index (χ0) is 23.1. The number of carboxylic acids is 1. The Morgan fingerprint density at radius 3 is 2.61 bits per heavy atom. The van der Waals surface area contributed by atoms with Crippen LogP contribution < -0.4 is 15.4 Å². The molecule has 0 unspecified atom stereocenters. The molecule has 0 bridgehead atoms. The van der Waals surface area contributed by atoms with E-state index < -0.39 is 17.5 Å². The minimum absolute atomic E-state index is 0.00918. The quantitative estimate of drug-likeness (QED) is 0.469. The fourth-order valence-electron chi connectivity index (χ4n) is 3.41. The average Bonchev–Trinajstić information content (AvgIpc) is 3.71. The number of aromatic nitrogens is 5. The molecule has 170 valence electrons. The third-order valence-electron chi connectivity index (χ3n) is 5.39. The molecule has 1 aromatic carbocycles. The summed E-state index contributed by atoms with van der Waals surface area (Å²) >= 11 is 0. The first kappa shape index (κ1) is 20.8.